The monoisotopic (exact) mass is 299 g/mol. The summed E-state index contributed by atoms with van der Waals surface area (Å²) in [6.07, 6.45) is 2.04. The minimum atomic E-state index is -2.17. The van der Waals surface area contributed by atoms with E-state index in [2.05, 4.69) is 67.6 Å². The Labute approximate surface area is 129 Å². The second-order valence-corrected chi connectivity index (χ2v) is 8.90. The summed E-state index contributed by atoms with van der Waals surface area (Å²) in [5.74, 6) is 0. The minimum absolute atomic E-state index is 0.712. The lowest BCUT2D eigenvalue weighted by Crippen LogP contribution is -2.61. The molecule has 21 heavy (non-hydrogen) atoms. The van der Waals surface area contributed by atoms with E-state index in [1.165, 1.54) is 10.4 Å². The first-order chi connectivity index (χ1) is 10.3. The Morgan fingerprint density at radius 3 is 1.86 bits per heavy atom. The van der Waals surface area contributed by atoms with Crippen molar-refractivity contribution in [3.8, 4) is 0 Å². The van der Waals surface area contributed by atoms with E-state index in [0.717, 1.165) is 25.5 Å². The molecule has 0 aliphatic carbocycles. The molecule has 2 aromatic carbocycles. The zero-order valence-corrected chi connectivity index (χ0v) is 13.8. The first-order valence-corrected chi connectivity index (χ1v) is 9.90. The Balaban J connectivity index is 2.48. The summed E-state index contributed by atoms with van der Waals surface area (Å²) in [6.45, 7) is 3.68. The highest BCUT2D eigenvalue weighted by molar-refractivity contribution is 6.97. The Bertz CT molecular complexity index is 466. The molecule has 0 saturated carbocycles. The molecule has 0 heterocycles. The van der Waals surface area contributed by atoms with Crippen LogP contribution in [0, 0.1) is 0 Å². The quantitative estimate of drug-likeness (QED) is 0.760. The fraction of sp³-hybridized carbons (Fsp3) is 0.333. The molecular weight excluding hydrogens is 274 g/mol. The van der Waals surface area contributed by atoms with E-state index in [1.807, 2.05) is 0 Å². The molecule has 0 fully saturated rings. The lowest BCUT2D eigenvalue weighted by atomic mass is 10.4. The van der Waals surface area contributed by atoms with Crippen molar-refractivity contribution in [2.24, 2.45) is 5.73 Å². The molecule has 2 nitrogen and oxygen atoms in total. The van der Waals surface area contributed by atoms with Gasteiger partial charge in [0.15, 0.2) is 0 Å². The van der Waals surface area contributed by atoms with Crippen molar-refractivity contribution < 1.29 is 4.43 Å². The third kappa shape index (κ3) is 3.82. The zero-order chi connectivity index (χ0) is 15.0. The predicted octanol–water partition coefficient (Wildman–Crippen LogP) is 2.52. The Morgan fingerprint density at radius 1 is 0.905 bits per heavy atom. The predicted molar refractivity (Wildman–Crippen MR) is 92.6 cm³/mol. The molecule has 112 valence electrons. The van der Waals surface area contributed by atoms with E-state index in [-0.39, 0.29) is 0 Å². The van der Waals surface area contributed by atoms with E-state index >= 15 is 0 Å². The average Bonchev–Trinajstić information content (AvgIpc) is 2.57. The maximum Gasteiger partial charge on any atom is 0.255 e. The third-order valence-electron chi connectivity index (χ3n) is 3.77. The summed E-state index contributed by atoms with van der Waals surface area (Å²) in [5.41, 5.74) is 5.79. The van der Waals surface area contributed by atoms with Crippen LogP contribution in [0.2, 0.25) is 6.04 Å². The largest absolute Gasteiger partial charge is 0.408 e. The maximum absolute atomic E-state index is 6.54. The topological polar surface area (TPSA) is 35.2 Å². The smallest absolute Gasteiger partial charge is 0.255 e. The molecule has 0 unspecified atom stereocenters. The lowest BCUT2D eigenvalue weighted by molar-refractivity contribution is 0.314. The summed E-state index contributed by atoms with van der Waals surface area (Å²) < 4.78 is 6.54. The van der Waals surface area contributed by atoms with Crippen LogP contribution in [0.1, 0.15) is 19.8 Å². The van der Waals surface area contributed by atoms with Gasteiger partial charge in [-0.3, -0.25) is 0 Å². The highest BCUT2D eigenvalue weighted by Crippen LogP contribution is 2.16. The van der Waals surface area contributed by atoms with Crippen molar-refractivity contribution in [3.05, 3.63) is 60.7 Å². The van der Waals surface area contributed by atoms with Crippen LogP contribution in [-0.4, -0.2) is 21.5 Å². The summed E-state index contributed by atoms with van der Waals surface area (Å²) in [6, 6.07) is 22.5. The number of benzene rings is 2. The van der Waals surface area contributed by atoms with Crippen LogP contribution < -0.4 is 16.1 Å². The van der Waals surface area contributed by atoms with Crippen molar-refractivity contribution >= 4 is 18.7 Å². The lowest BCUT2D eigenvalue weighted by Gasteiger charge is -2.32. The maximum atomic E-state index is 6.54. The first kappa shape index (κ1) is 16.0. The molecule has 0 aliphatic heterocycles. The Kier molecular flexibility index (Phi) is 6.17. The minimum Gasteiger partial charge on any atom is -0.408 e. The Morgan fingerprint density at radius 2 is 1.43 bits per heavy atom. The van der Waals surface area contributed by atoms with E-state index in [0.29, 0.717) is 6.54 Å². The molecule has 3 heteroatoms. The molecule has 0 bridgehead atoms. The standard InChI is InChI=1S/C18H25NOSi/c1-2-15-20-21(16-9-14-19,17-10-5-3-6-11-17)18-12-7-4-8-13-18/h3-8,10-13H,2,9,14-16,19H2,1H3. The normalized spacial score (nSPS) is 11.5. The van der Waals surface area contributed by atoms with Crippen LogP contribution in [0.3, 0.4) is 0 Å². The van der Waals surface area contributed by atoms with Gasteiger partial charge in [0.1, 0.15) is 0 Å². The molecule has 0 amide bonds. The van der Waals surface area contributed by atoms with Crippen LogP contribution in [0.5, 0.6) is 0 Å². The van der Waals surface area contributed by atoms with Gasteiger partial charge in [0.05, 0.1) is 0 Å². The van der Waals surface area contributed by atoms with Crippen LogP contribution in [0.15, 0.2) is 60.7 Å². The van der Waals surface area contributed by atoms with Crippen molar-refractivity contribution in [1.82, 2.24) is 0 Å². The third-order valence-corrected chi connectivity index (χ3v) is 8.05. The number of hydrogen-bond acceptors (Lipinski definition) is 2. The van der Waals surface area contributed by atoms with E-state index in [1.54, 1.807) is 0 Å². The van der Waals surface area contributed by atoms with Crippen LogP contribution >= 0.6 is 0 Å². The van der Waals surface area contributed by atoms with E-state index in [4.69, 9.17) is 10.2 Å². The summed E-state index contributed by atoms with van der Waals surface area (Å²) >= 11 is 0. The molecule has 0 radical (unpaired) electrons. The SMILES string of the molecule is CCCO[Si](CCCN)(c1ccccc1)c1ccccc1. The second kappa shape index (κ2) is 8.13. The molecular formula is C18H25NOSi. The summed E-state index contributed by atoms with van der Waals surface area (Å²) in [5, 5.41) is 2.69. The van der Waals surface area contributed by atoms with Gasteiger partial charge >= 0.3 is 0 Å². The fourth-order valence-electron chi connectivity index (χ4n) is 2.74. The molecule has 0 spiro atoms. The van der Waals surface area contributed by atoms with Gasteiger partial charge in [0.2, 0.25) is 0 Å². The van der Waals surface area contributed by atoms with Crippen molar-refractivity contribution in [2.75, 3.05) is 13.2 Å². The Hall–Kier alpha value is -1.42. The molecule has 0 saturated heterocycles. The van der Waals surface area contributed by atoms with Crippen molar-refractivity contribution in [3.63, 3.8) is 0 Å². The summed E-state index contributed by atoms with van der Waals surface area (Å²) in [4.78, 5) is 0. The van der Waals surface area contributed by atoms with Gasteiger partial charge in [-0.15, -0.1) is 0 Å². The van der Waals surface area contributed by atoms with Gasteiger partial charge in [-0.1, -0.05) is 67.6 Å². The molecule has 2 aromatic rings. The fourth-order valence-corrected chi connectivity index (χ4v) is 6.84. The van der Waals surface area contributed by atoms with Crippen LogP contribution in [0.4, 0.5) is 0 Å². The van der Waals surface area contributed by atoms with Gasteiger partial charge in [-0.25, -0.2) is 0 Å². The number of hydrogen-bond donors (Lipinski definition) is 1. The van der Waals surface area contributed by atoms with Gasteiger partial charge in [0, 0.05) is 6.61 Å². The molecule has 2 N–H and O–H groups in total. The molecule has 0 aromatic heterocycles. The van der Waals surface area contributed by atoms with Gasteiger partial charge in [-0.05, 0) is 35.8 Å². The summed E-state index contributed by atoms with van der Waals surface area (Å²) in [7, 11) is -2.17. The number of rotatable bonds is 8. The first-order valence-electron chi connectivity index (χ1n) is 7.78. The highest BCUT2D eigenvalue weighted by Gasteiger charge is 2.38. The van der Waals surface area contributed by atoms with E-state index in [9.17, 15) is 0 Å². The average molecular weight is 299 g/mol. The van der Waals surface area contributed by atoms with Crippen molar-refractivity contribution in [1.29, 1.82) is 0 Å². The van der Waals surface area contributed by atoms with Gasteiger partial charge in [0.25, 0.3) is 8.32 Å². The zero-order valence-electron chi connectivity index (χ0n) is 12.8. The molecule has 0 aliphatic rings. The second-order valence-electron chi connectivity index (χ2n) is 5.30. The van der Waals surface area contributed by atoms with E-state index < -0.39 is 8.32 Å². The molecule has 2 rings (SSSR count). The number of nitrogens with two attached hydrogens (primary N) is 1. The van der Waals surface area contributed by atoms with Gasteiger partial charge < -0.3 is 10.2 Å². The van der Waals surface area contributed by atoms with Crippen molar-refractivity contribution in [2.45, 2.75) is 25.8 Å². The molecule has 0 atom stereocenters. The highest BCUT2D eigenvalue weighted by atomic mass is 28.4. The van der Waals surface area contributed by atoms with Crippen LogP contribution in [-0.2, 0) is 4.43 Å². The van der Waals surface area contributed by atoms with Gasteiger partial charge in [-0.2, -0.15) is 0 Å². The van der Waals surface area contributed by atoms with Crippen LogP contribution in [0.25, 0.3) is 0 Å².